The molecular formula is C30H45Cl2N3O3. The largest absolute Gasteiger partial charge is 0.493 e. The molecule has 1 fully saturated rings. The third kappa shape index (κ3) is 7.80. The van der Waals surface area contributed by atoms with Gasteiger partial charge in [0.15, 0.2) is 11.5 Å². The van der Waals surface area contributed by atoms with Crippen molar-refractivity contribution in [1.29, 1.82) is 0 Å². The van der Waals surface area contributed by atoms with Gasteiger partial charge < -0.3 is 29.7 Å². The van der Waals surface area contributed by atoms with Gasteiger partial charge >= 0.3 is 0 Å². The molecule has 0 radical (unpaired) electrons. The highest BCUT2D eigenvalue weighted by Crippen LogP contribution is 2.32. The van der Waals surface area contributed by atoms with E-state index in [0.29, 0.717) is 0 Å². The second-order valence-electron chi connectivity index (χ2n) is 10.4. The molecule has 6 nitrogen and oxygen atoms in total. The van der Waals surface area contributed by atoms with Crippen LogP contribution < -0.4 is 9.47 Å². The molecule has 2 aromatic carbocycles. The van der Waals surface area contributed by atoms with Gasteiger partial charge in [0, 0.05) is 43.3 Å². The monoisotopic (exact) mass is 565 g/mol. The Morgan fingerprint density at radius 2 is 1.58 bits per heavy atom. The third-order valence-corrected chi connectivity index (χ3v) is 8.07. The molecule has 1 aromatic heterocycles. The lowest BCUT2D eigenvalue weighted by molar-refractivity contribution is 0.187. The number of para-hydroxylation sites is 1. The van der Waals surface area contributed by atoms with Crippen LogP contribution in [0.3, 0.4) is 0 Å². The maximum atomic E-state index is 5.55. The summed E-state index contributed by atoms with van der Waals surface area (Å²) in [5.74, 6) is 2.48. The lowest BCUT2D eigenvalue weighted by Gasteiger charge is -2.29. The minimum absolute atomic E-state index is 0. The van der Waals surface area contributed by atoms with Crippen molar-refractivity contribution in [1.82, 2.24) is 14.8 Å². The molecule has 2 aliphatic heterocycles. The molecule has 0 bridgehead atoms. The second-order valence-corrected chi connectivity index (χ2v) is 10.4. The summed E-state index contributed by atoms with van der Waals surface area (Å²) in [6.07, 6.45) is 10.9. The van der Waals surface area contributed by atoms with Crippen LogP contribution in [-0.2, 0) is 19.3 Å². The molecule has 38 heavy (non-hydrogen) atoms. The SMILES string of the molecule is COc1cc2c(cc1OC)CCN(CC1CCCCN(CCCc3c[nH]c4ccccc34)C1)CC2.Cl.Cl.O. The van der Waals surface area contributed by atoms with Crippen molar-refractivity contribution in [3.63, 3.8) is 0 Å². The van der Waals surface area contributed by atoms with Crippen LogP contribution in [0.1, 0.15) is 42.4 Å². The van der Waals surface area contributed by atoms with E-state index < -0.39 is 0 Å². The van der Waals surface area contributed by atoms with E-state index in [1.807, 2.05) is 0 Å². The molecule has 3 aromatic rings. The first kappa shape index (κ1) is 32.3. The van der Waals surface area contributed by atoms with E-state index >= 15 is 0 Å². The maximum Gasteiger partial charge on any atom is 0.161 e. The number of benzene rings is 2. The van der Waals surface area contributed by atoms with Crippen LogP contribution in [0.4, 0.5) is 0 Å². The summed E-state index contributed by atoms with van der Waals surface area (Å²) < 4.78 is 11.1. The van der Waals surface area contributed by atoms with Crippen LogP contribution in [0.5, 0.6) is 11.5 Å². The number of hydrogen-bond donors (Lipinski definition) is 1. The van der Waals surface area contributed by atoms with E-state index in [0.717, 1.165) is 49.8 Å². The Bertz CT molecular complexity index is 1090. The van der Waals surface area contributed by atoms with Gasteiger partial charge in [-0.2, -0.15) is 0 Å². The number of halogens is 2. The van der Waals surface area contributed by atoms with E-state index in [2.05, 4.69) is 57.4 Å². The summed E-state index contributed by atoms with van der Waals surface area (Å²) in [6, 6.07) is 13.1. The van der Waals surface area contributed by atoms with Crippen molar-refractivity contribution in [2.24, 2.45) is 5.92 Å². The van der Waals surface area contributed by atoms with Crippen LogP contribution in [0.25, 0.3) is 10.9 Å². The lowest BCUT2D eigenvalue weighted by atomic mass is 10.0. The van der Waals surface area contributed by atoms with E-state index in [1.54, 1.807) is 14.2 Å². The Morgan fingerprint density at radius 1 is 0.895 bits per heavy atom. The number of rotatable bonds is 8. The molecule has 0 spiro atoms. The van der Waals surface area contributed by atoms with Crippen molar-refractivity contribution < 1.29 is 14.9 Å². The fourth-order valence-corrected chi connectivity index (χ4v) is 6.15. The zero-order valence-electron chi connectivity index (χ0n) is 22.8. The summed E-state index contributed by atoms with van der Waals surface area (Å²) in [5.41, 5.74) is 5.56. The smallest absolute Gasteiger partial charge is 0.161 e. The molecule has 0 aliphatic carbocycles. The van der Waals surface area contributed by atoms with Crippen LogP contribution in [-0.4, -0.2) is 73.7 Å². The number of nitrogens with one attached hydrogen (secondary N) is 1. The molecule has 8 heteroatoms. The molecule has 3 heterocycles. The minimum Gasteiger partial charge on any atom is -0.493 e. The Morgan fingerprint density at radius 3 is 2.26 bits per heavy atom. The fourth-order valence-electron chi connectivity index (χ4n) is 6.15. The summed E-state index contributed by atoms with van der Waals surface area (Å²) in [4.78, 5) is 8.88. The van der Waals surface area contributed by atoms with Gasteiger partial charge in [-0.3, -0.25) is 0 Å². The lowest BCUT2D eigenvalue weighted by Crippen LogP contribution is -2.37. The van der Waals surface area contributed by atoms with Crippen molar-refractivity contribution in [2.45, 2.75) is 44.9 Å². The zero-order chi connectivity index (χ0) is 24.0. The molecule has 3 N–H and O–H groups in total. The van der Waals surface area contributed by atoms with E-state index in [9.17, 15) is 0 Å². The van der Waals surface area contributed by atoms with Crippen LogP contribution >= 0.6 is 24.8 Å². The molecular weight excluding hydrogens is 521 g/mol. The van der Waals surface area contributed by atoms with Crippen LogP contribution in [0.15, 0.2) is 42.6 Å². The second kappa shape index (κ2) is 15.6. The number of hydrogen-bond acceptors (Lipinski definition) is 4. The quantitative estimate of drug-likeness (QED) is 0.400. The van der Waals surface area contributed by atoms with Gasteiger partial charge in [-0.25, -0.2) is 0 Å². The molecule has 1 saturated heterocycles. The van der Waals surface area contributed by atoms with Gasteiger partial charge in [-0.1, -0.05) is 24.6 Å². The van der Waals surface area contributed by atoms with Gasteiger partial charge in [-0.15, -0.1) is 24.8 Å². The number of fused-ring (bicyclic) bond motifs is 2. The van der Waals surface area contributed by atoms with Crippen LogP contribution in [0, 0.1) is 5.92 Å². The van der Waals surface area contributed by atoms with Gasteiger partial charge in [0.2, 0.25) is 0 Å². The molecule has 212 valence electrons. The molecule has 0 amide bonds. The first-order chi connectivity index (χ1) is 17.2. The average Bonchev–Trinajstić information content (AvgIpc) is 3.03. The summed E-state index contributed by atoms with van der Waals surface area (Å²) in [5, 5.41) is 1.39. The van der Waals surface area contributed by atoms with Gasteiger partial charge in [-0.05, 0) is 92.4 Å². The Hall–Kier alpha value is -1.96. The van der Waals surface area contributed by atoms with Crippen LogP contribution in [0.2, 0.25) is 0 Å². The summed E-state index contributed by atoms with van der Waals surface area (Å²) >= 11 is 0. The number of ether oxygens (including phenoxy) is 2. The normalized spacial score (nSPS) is 18.2. The highest BCUT2D eigenvalue weighted by molar-refractivity contribution is 5.85. The Kier molecular flexibility index (Phi) is 13.2. The third-order valence-electron chi connectivity index (χ3n) is 8.07. The molecule has 2 aliphatic rings. The minimum atomic E-state index is 0. The Labute approximate surface area is 240 Å². The number of methoxy groups -OCH3 is 2. The number of aryl methyl sites for hydroxylation is 1. The van der Waals surface area contributed by atoms with Crippen molar-refractivity contribution >= 4 is 35.7 Å². The fraction of sp³-hybridized carbons (Fsp3) is 0.533. The first-order valence-corrected chi connectivity index (χ1v) is 13.5. The number of likely N-dealkylation sites (tertiary alicyclic amines) is 1. The number of nitrogens with zero attached hydrogens (tertiary/aromatic N) is 2. The topological polar surface area (TPSA) is 72.2 Å². The predicted molar refractivity (Wildman–Crippen MR) is 162 cm³/mol. The Balaban J connectivity index is 0.00000169. The number of aromatic nitrogens is 1. The number of H-pyrrole nitrogens is 1. The van der Waals surface area contributed by atoms with Crippen molar-refractivity contribution in [3.05, 3.63) is 59.3 Å². The van der Waals surface area contributed by atoms with Gasteiger partial charge in [0.25, 0.3) is 0 Å². The van der Waals surface area contributed by atoms with Crippen molar-refractivity contribution in [2.75, 3.05) is 53.5 Å². The number of aromatic amines is 1. The first-order valence-electron chi connectivity index (χ1n) is 13.5. The standard InChI is InChI=1S/C30H41N3O2.2ClH.H2O/c1-34-29-18-24-12-16-33(17-13-25(24)19-30(29)35-2)22-23-8-5-6-14-32(21-23)15-7-9-26-20-31-28-11-4-3-10-27(26)28;;;/h3-4,10-11,18-20,23,31H,5-9,12-17,21-22H2,1-2H3;2*1H;1H2. The highest BCUT2D eigenvalue weighted by atomic mass is 35.5. The maximum absolute atomic E-state index is 5.55. The van der Waals surface area contributed by atoms with Crippen molar-refractivity contribution in [3.8, 4) is 11.5 Å². The van der Waals surface area contributed by atoms with Gasteiger partial charge in [0.05, 0.1) is 14.2 Å². The summed E-state index contributed by atoms with van der Waals surface area (Å²) in [6.45, 7) is 7.22. The average molecular weight is 567 g/mol. The van der Waals surface area contributed by atoms with E-state index in [4.69, 9.17) is 9.47 Å². The molecule has 1 unspecified atom stereocenters. The zero-order valence-corrected chi connectivity index (χ0v) is 24.5. The van der Waals surface area contributed by atoms with Gasteiger partial charge in [0.1, 0.15) is 0 Å². The predicted octanol–water partition coefficient (Wildman–Crippen LogP) is 5.34. The van der Waals surface area contributed by atoms with E-state index in [1.165, 1.54) is 79.5 Å². The molecule has 5 rings (SSSR count). The van der Waals surface area contributed by atoms with E-state index in [-0.39, 0.29) is 30.3 Å². The molecule has 0 saturated carbocycles. The summed E-state index contributed by atoms with van der Waals surface area (Å²) in [7, 11) is 3.46. The highest BCUT2D eigenvalue weighted by Gasteiger charge is 2.23. The molecule has 1 atom stereocenters.